The summed E-state index contributed by atoms with van der Waals surface area (Å²) in [6, 6.07) is 6.73. The van der Waals surface area contributed by atoms with E-state index in [9.17, 15) is 4.79 Å². The van der Waals surface area contributed by atoms with Gasteiger partial charge in [0.15, 0.2) is 5.96 Å². The Kier molecular flexibility index (Phi) is 8.20. The highest BCUT2D eigenvalue weighted by Crippen LogP contribution is 2.27. The predicted molar refractivity (Wildman–Crippen MR) is 117 cm³/mol. The smallest absolute Gasteiger partial charge is 0.221 e. The minimum absolute atomic E-state index is 0.116. The highest BCUT2D eigenvalue weighted by Gasteiger charge is 2.18. The van der Waals surface area contributed by atoms with Crippen LogP contribution in [0.1, 0.15) is 68.9 Å². The van der Waals surface area contributed by atoms with Gasteiger partial charge in [-0.2, -0.15) is 0 Å². The largest absolute Gasteiger partial charge is 0.490 e. The SMILES string of the molecule is CN=C(NCCC(=O)NC1CCCC1)NCc1ccc(C)cc1OC1CCCC1. The zero-order chi connectivity index (χ0) is 20.5. The normalized spacial score (nSPS) is 18.1. The first-order valence-corrected chi connectivity index (χ1v) is 11.1. The molecular formula is C23H36N4O2. The number of rotatable bonds is 8. The van der Waals surface area contributed by atoms with Gasteiger partial charge in [-0.3, -0.25) is 9.79 Å². The maximum absolute atomic E-state index is 12.1. The highest BCUT2D eigenvalue weighted by atomic mass is 16.5. The highest BCUT2D eigenvalue weighted by molar-refractivity contribution is 5.81. The second-order valence-corrected chi connectivity index (χ2v) is 8.29. The van der Waals surface area contributed by atoms with E-state index >= 15 is 0 Å². The number of nitrogens with zero attached hydrogens (tertiary/aromatic N) is 1. The van der Waals surface area contributed by atoms with Crippen LogP contribution in [0.5, 0.6) is 5.75 Å². The molecule has 0 bridgehead atoms. The summed E-state index contributed by atoms with van der Waals surface area (Å²) in [4.78, 5) is 16.3. The average Bonchev–Trinajstić information content (AvgIpc) is 3.40. The van der Waals surface area contributed by atoms with E-state index in [0.717, 1.165) is 37.0 Å². The minimum Gasteiger partial charge on any atom is -0.490 e. The molecule has 1 aromatic rings. The predicted octanol–water partition coefficient (Wildman–Crippen LogP) is 3.43. The topological polar surface area (TPSA) is 74.8 Å². The molecule has 29 heavy (non-hydrogen) atoms. The Labute approximate surface area is 174 Å². The van der Waals surface area contributed by atoms with Crippen LogP contribution in [0.25, 0.3) is 0 Å². The summed E-state index contributed by atoms with van der Waals surface area (Å²) < 4.78 is 6.28. The molecule has 6 heteroatoms. The lowest BCUT2D eigenvalue weighted by atomic mass is 10.1. The average molecular weight is 401 g/mol. The Balaban J connectivity index is 1.44. The van der Waals surface area contributed by atoms with E-state index < -0.39 is 0 Å². The summed E-state index contributed by atoms with van der Waals surface area (Å²) in [5.74, 6) is 1.78. The summed E-state index contributed by atoms with van der Waals surface area (Å²) in [5.41, 5.74) is 2.34. The van der Waals surface area contributed by atoms with Crippen LogP contribution in [0, 0.1) is 6.92 Å². The molecule has 0 spiro atoms. The number of aryl methyl sites for hydroxylation is 1. The van der Waals surface area contributed by atoms with Crippen LogP contribution in [-0.4, -0.2) is 37.6 Å². The van der Waals surface area contributed by atoms with Gasteiger partial charge >= 0.3 is 0 Å². The third-order valence-electron chi connectivity index (χ3n) is 5.85. The molecule has 1 amide bonds. The van der Waals surface area contributed by atoms with E-state index in [0.29, 0.717) is 37.6 Å². The summed E-state index contributed by atoms with van der Waals surface area (Å²) >= 11 is 0. The van der Waals surface area contributed by atoms with E-state index in [1.807, 2.05) is 0 Å². The Morgan fingerprint density at radius 1 is 1.10 bits per heavy atom. The summed E-state index contributed by atoms with van der Waals surface area (Å²) in [6.07, 6.45) is 10.3. The van der Waals surface area contributed by atoms with Crippen molar-refractivity contribution in [1.29, 1.82) is 0 Å². The van der Waals surface area contributed by atoms with Gasteiger partial charge in [0.25, 0.3) is 0 Å². The molecule has 0 heterocycles. The van der Waals surface area contributed by atoms with Crippen LogP contribution >= 0.6 is 0 Å². The number of carbonyl (C=O) groups excluding carboxylic acids is 1. The van der Waals surface area contributed by atoms with E-state index in [1.165, 1.54) is 31.2 Å². The summed E-state index contributed by atoms with van der Waals surface area (Å²) in [7, 11) is 1.75. The Morgan fingerprint density at radius 3 is 2.55 bits per heavy atom. The van der Waals surface area contributed by atoms with Crippen LogP contribution in [0.2, 0.25) is 0 Å². The molecule has 2 saturated carbocycles. The number of benzene rings is 1. The third-order valence-corrected chi connectivity index (χ3v) is 5.85. The number of carbonyl (C=O) groups is 1. The van der Waals surface area contributed by atoms with Crippen molar-refractivity contribution in [2.75, 3.05) is 13.6 Å². The van der Waals surface area contributed by atoms with Gasteiger partial charge in [-0.15, -0.1) is 0 Å². The molecule has 0 unspecified atom stereocenters. The number of guanidine groups is 1. The maximum Gasteiger partial charge on any atom is 0.221 e. The second-order valence-electron chi connectivity index (χ2n) is 8.29. The third kappa shape index (κ3) is 6.94. The molecule has 3 rings (SSSR count). The van der Waals surface area contributed by atoms with Crippen molar-refractivity contribution >= 4 is 11.9 Å². The molecule has 0 aromatic heterocycles. The molecule has 160 valence electrons. The minimum atomic E-state index is 0.116. The molecule has 6 nitrogen and oxygen atoms in total. The van der Waals surface area contributed by atoms with Gasteiger partial charge in [-0.25, -0.2) is 0 Å². The number of ether oxygens (including phenoxy) is 1. The van der Waals surface area contributed by atoms with Crippen LogP contribution in [0.4, 0.5) is 0 Å². The van der Waals surface area contributed by atoms with E-state index in [2.05, 4.69) is 46.1 Å². The van der Waals surface area contributed by atoms with Crippen molar-refractivity contribution in [3.8, 4) is 5.75 Å². The van der Waals surface area contributed by atoms with E-state index in [1.54, 1.807) is 7.05 Å². The Hall–Kier alpha value is -2.24. The Morgan fingerprint density at radius 2 is 1.83 bits per heavy atom. The molecule has 0 aliphatic heterocycles. The molecule has 2 aliphatic carbocycles. The van der Waals surface area contributed by atoms with Crippen molar-refractivity contribution in [3.63, 3.8) is 0 Å². The first kappa shape index (κ1) is 21.5. The van der Waals surface area contributed by atoms with Crippen LogP contribution in [0.15, 0.2) is 23.2 Å². The van der Waals surface area contributed by atoms with Gasteiger partial charge in [-0.05, 0) is 57.1 Å². The standard InChI is InChI=1S/C23H36N4O2/c1-17-11-12-18(21(15-17)29-20-9-5-6-10-20)16-26-23(24-2)25-14-13-22(28)27-19-7-3-4-8-19/h11-12,15,19-20H,3-10,13-14,16H2,1-2H3,(H,27,28)(H2,24,25,26). The monoisotopic (exact) mass is 400 g/mol. The first-order valence-electron chi connectivity index (χ1n) is 11.1. The summed E-state index contributed by atoms with van der Waals surface area (Å²) in [5, 5.41) is 9.70. The van der Waals surface area contributed by atoms with E-state index in [4.69, 9.17) is 4.74 Å². The van der Waals surface area contributed by atoms with Gasteiger partial charge in [0.1, 0.15) is 5.75 Å². The number of hydrogen-bond donors (Lipinski definition) is 3. The molecule has 2 aliphatic rings. The maximum atomic E-state index is 12.1. The molecular weight excluding hydrogens is 364 g/mol. The first-order chi connectivity index (χ1) is 14.1. The zero-order valence-corrected chi connectivity index (χ0v) is 17.9. The lowest BCUT2D eigenvalue weighted by Gasteiger charge is -2.18. The van der Waals surface area contributed by atoms with Gasteiger partial charge in [0.05, 0.1) is 6.10 Å². The molecule has 0 saturated heterocycles. The van der Waals surface area contributed by atoms with Crippen molar-refractivity contribution in [2.24, 2.45) is 4.99 Å². The lowest BCUT2D eigenvalue weighted by molar-refractivity contribution is -0.121. The lowest BCUT2D eigenvalue weighted by Crippen LogP contribution is -2.40. The van der Waals surface area contributed by atoms with E-state index in [-0.39, 0.29) is 5.91 Å². The fraction of sp³-hybridized carbons (Fsp3) is 0.652. The molecule has 0 atom stereocenters. The van der Waals surface area contributed by atoms with Crippen molar-refractivity contribution in [3.05, 3.63) is 29.3 Å². The molecule has 0 radical (unpaired) electrons. The molecule has 1 aromatic carbocycles. The number of aliphatic imine (C=N–C) groups is 1. The van der Waals surface area contributed by atoms with Crippen molar-refractivity contribution < 1.29 is 9.53 Å². The number of hydrogen-bond acceptors (Lipinski definition) is 3. The van der Waals surface area contributed by atoms with Gasteiger partial charge in [0, 0.05) is 38.2 Å². The van der Waals surface area contributed by atoms with Crippen LogP contribution in [0.3, 0.4) is 0 Å². The fourth-order valence-corrected chi connectivity index (χ4v) is 4.17. The van der Waals surface area contributed by atoms with Crippen LogP contribution < -0.4 is 20.7 Å². The second kappa shape index (κ2) is 11.1. The fourth-order valence-electron chi connectivity index (χ4n) is 4.17. The van der Waals surface area contributed by atoms with Gasteiger partial charge in [-0.1, -0.05) is 25.0 Å². The zero-order valence-electron chi connectivity index (χ0n) is 17.9. The number of nitrogens with one attached hydrogen (secondary N) is 3. The Bertz CT molecular complexity index is 692. The van der Waals surface area contributed by atoms with Gasteiger partial charge < -0.3 is 20.7 Å². The summed E-state index contributed by atoms with van der Waals surface area (Å²) in [6.45, 7) is 3.30. The molecule has 3 N–H and O–H groups in total. The van der Waals surface area contributed by atoms with Crippen LogP contribution in [-0.2, 0) is 11.3 Å². The van der Waals surface area contributed by atoms with Gasteiger partial charge in [0.2, 0.25) is 5.91 Å². The van der Waals surface area contributed by atoms with Crippen molar-refractivity contribution in [1.82, 2.24) is 16.0 Å². The molecule has 2 fully saturated rings. The van der Waals surface area contributed by atoms with Crippen molar-refractivity contribution in [2.45, 2.75) is 83.4 Å². The number of amides is 1. The quantitative estimate of drug-likeness (QED) is 0.462.